The summed E-state index contributed by atoms with van der Waals surface area (Å²) in [6.07, 6.45) is 18.9. The van der Waals surface area contributed by atoms with E-state index in [9.17, 15) is 9.90 Å². The third-order valence-electron chi connectivity index (χ3n) is 7.33. The lowest BCUT2D eigenvalue weighted by Gasteiger charge is -2.12. The van der Waals surface area contributed by atoms with Crippen molar-refractivity contribution in [2.45, 2.75) is 97.8 Å². The quantitative estimate of drug-likeness (QED) is 0.199. The number of rotatable bonds is 16. The van der Waals surface area contributed by atoms with Crippen molar-refractivity contribution in [2.75, 3.05) is 0 Å². The van der Waals surface area contributed by atoms with Gasteiger partial charge < -0.3 is 5.11 Å². The number of carboxylic acid groups (broad SMARTS) is 1. The fraction of sp³-hybridized carbons (Fsp3) is 0.485. The predicted octanol–water partition coefficient (Wildman–Crippen LogP) is 9.17. The van der Waals surface area contributed by atoms with E-state index in [1.165, 1.54) is 63.4 Å². The van der Waals surface area contributed by atoms with Gasteiger partial charge in [-0.2, -0.15) is 0 Å². The summed E-state index contributed by atoms with van der Waals surface area (Å²) in [6, 6.07) is 13.6. The van der Waals surface area contributed by atoms with Gasteiger partial charge in [-0.15, -0.1) is 0 Å². The van der Waals surface area contributed by atoms with Crippen molar-refractivity contribution in [1.29, 1.82) is 0 Å². The topological polar surface area (TPSA) is 63.1 Å². The molecule has 0 bridgehead atoms. The lowest BCUT2D eigenvalue weighted by atomic mass is 9.94. The molecule has 0 radical (unpaired) electrons. The Morgan fingerprint density at radius 3 is 1.97 bits per heavy atom. The molecule has 198 valence electrons. The average molecular weight is 501 g/mol. The van der Waals surface area contributed by atoms with Gasteiger partial charge in [-0.3, -0.25) is 0 Å². The highest BCUT2D eigenvalue weighted by atomic mass is 16.4. The molecule has 2 aromatic carbocycles. The second kappa shape index (κ2) is 15.3. The van der Waals surface area contributed by atoms with Crippen molar-refractivity contribution in [3.8, 4) is 22.5 Å². The summed E-state index contributed by atoms with van der Waals surface area (Å²) in [5.41, 5.74) is 5.15. The van der Waals surface area contributed by atoms with E-state index >= 15 is 0 Å². The smallest absolute Gasteiger partial charge is 0.336 e. The molecule has 0 aliphatic rings. The number of aryl methyl sites for hydroxylation is 1. The number of nitrogens with zero attached hydrogens (tertiary/aromatic N) is 2. The van der Waals surface area contributed by atoms with Crippen LogP contribution in [0.5, 0.6) is 0 Å². The zero-order valence-electron chi connectivity index (χ0n) is 23.0. The fourth-order valence-corrected chi connectivity index (χ4v) is 4.75. The van der Waals surface area contributed by atoms with Crippen LogP contribution < -0.4 is 0 Å². The molecule has 0 aliphatic heterocycles. The second-order valence-electron chi connectivity index (χ2n) is 10.5. The van der Waals surface area contributed by atoms with Gasteiger partial charge >= 0.3 is 5.97 Å². The molecular weight excluding hydrogens is 456 g/mol. The minimum atomic E-state index is -0.928. The Morgan fingerprint density at radius 2 is 1.38 bits per heavy atom. The molecule has 4 heteroatoms. The van der Waals surface area contributed by atoms with E-state index in [1.807, 2.05) is 30.6 Å². The Balaban J connectivity index is 1.62. The van der Waals surface area contributed by atoms with Crippen LogP contribution in [-0.2, 0) is 12.8 Å². The highest BCUT2D eigenvalue weighted by Crippen LogP contribution is 2.29. The van der Waals surface area contributed by atoms with Gasteiger partial charge in [0.2, 0.25) is 0 Å². The molecule has 3 aromatic rings. The van der Waals surface area contributed by atoms with Crippen LogP contribution in [0.3, 0.4) is 0 Å². The monoisotopic (exact) mass is 500 g/mol. The molecule has 37 heavy (non-hydrogen) atoms. The minimum Gasteiger partial charge on any atom is -0.478 e. The largest absolute Gasteiger partial charge is 0.478 e. The van der Waals surface area contributed by atoms with E-state index in [0.29, 0.717) is 22.9 Å². The number of hydrogen-bond acceptors (Lipinski definition) is 3. The third-order valence-corrected chi connectivity index (χ3v) is 7.33. The first-order valence-electron chi connectivity index (χ1n) is 14.3. The Kier molecular flexibility index (Phi) is 11.8. The van der Waals surface area contributed by atoms with Crippen molar-refractivity contribution < 1.29 is 9.90 Å². The van der Waals surface area contributed by atoms with Crippen LogP contribution in [0.4, 0.5) is 0 Å². The highest BCUT2D eigenvalue weighted by molar-refractivity contribution is 5.97. The van der Waals surface area contributed by atoms with Gasteiger partial charge in [0.25, 0.3) is 0 Å². The molecule has 1 atom stereocenters. The van der Waals surface area contributed by atoms with Crippen molar-refractivity contribution in [3.05, 3.63) is 71.5 Å². The van der Waals surface area contributed by atoms with Crippen LogP contribution in [0.2, 0.25) is 0 Å². The standard InChI is InChI=1S/C33H44N2O2/c1-4-6-7-8-9-10-11-12-13-14-27-23-34-32(35-24-27)29-19-20-30(33(36)37)31(22-29)28-17-15-26(16-18-28)21-25(3)5-2/h15-20,22-25H,4-14,21H2,1-3H3,(H,36,37). The third kappa shape index (κ3) is 9.10. The molecule has 0 saturated heterocycles. The summed E-state index contributed by atoms with van der Waals surface area (Å²) in [5.74, 6) is 0.328. The average Bonchev–Trinajstić information content (AvgIpc) is 2.92. The predicted molar refractivity (Wildman–Crippen MR) is 154 cm³/mol. The molecule has 1 aromatic heterocycles. The number of carbonyl (C=O) groups is 1. The molecule has 0 saturated carbocycles. The molecule has 0 aliphatic carbocycles. The van der Waals surface area contributed by atoms with Gasteiger partial charge in [-0.1, -0.05) is 109 Å². The lowest BCUT2D eigenvalue weighted by molar-refractivity contribution is 0.0697. The Morgan fingerprint density at radius 1 is 0.784 bits per heavy atom. The Hall–Kier alpha value is -3.01. The van der Waals surface area contributed by atoms with Crippen molar-refractivity contribution >= 4 is 5.97 Å². The Labute approximate surface area is 223 Å². The van der Waals surface area contributed by atoms with Crippen molar-refractivity contribution in [2.24, 2.45) is 5.92 Å². The van der Waals surface area contributed by atoms with Gasteiger partial charge in [0.15, 0.2) is 5.82 Å². The first-order chi connectivity index (χ1) is 18.0. The minimum absolute atomic E-state index is 0.292. The maximum Gasteiger partial charge on any atom is 0.336 e. The summed E-state index contributed by atoms with van der Waals surface area (Å²) in [4.78, 5) is 21.2. The molecule has 3 rings (SSSR count). The van der Waals surface area contributed by atoms with Crippen LogP contribution in [0.1, 0.15) is 106 Å². The summed E-state index contributed by atoms with van der Waals surface area (Å²) in [7, 11) is 0. The van der Waals surface area contributed by atoms with Crippen molar-refractivity contribution in [3.63, 3.8) is 0 Å². The van der Waals surface area contributed by atoms with Gasteiger partial charge in [0, 0.05) is 18.0 Å². The fourth-order valence-electron chi connectivity index (χ4n) is 4.75. The summed E-state index contributed by atoms with van der Waals surface area (Å²) < 4.78 is 0. The van der Waals surface area contributed by atoms with Crippen LogP contribution >= 0.6 is 0 Å². The van der Waals surface area contributed by atoms with E-state index in [4.69, 9.17) is 0 Å². The maximum absolute atomic E-state index is 11.9. The maximum atomic E-state index is 11.9. The molecule has 4 nitrogen and oxygen atoms in total. The Bertz CT molecular complexity index is 1090. The molecule has 0 amide bonds. The number of carboxylic acids is 1. The van der Waals surface area contributed by atoms with Crippen LogP contribution in [0.15, 0.2) is 54.9 Å². The van der Waals surface area contributed by atoms with Crippen molar-refractivity contribution in [1.82, 2.24) is 9.97 Å². The number of benzene rings is 2. The molecule has 1 unspecified atom stereocenters. The van der Waals surface area contributed by atoms with E-state index in [1.54, 1.807) is 12.1 Å². The van der Waals surface area contributed by atoms with E-state index in [2.05, 4.69) is 42.9 Å². The molecule has 0 spiro atoms. The zero-order valence-corrected chi connectivity index (χ0v) is 23.0. The van der Waals surface area contributed by atoms with Crippen LogP contribution in [0.25, 0.3) is 22.5 Å². The summed E-state index contributed by atoms with van der Waals surface area (Å²) >= 11 is 0. The molecular formula is C33H44N2O2. The van der Waals surface area contributed by atoms with E-state index < -0.39 is 5.97 Å². The number of aromatic carboxylic acids is 1. The number of unbranched alkanes of at least 4 members (excludes halogenated alkanes) is 8. The number of hydrogen-bond donors (Lipinski definition) is 1. The first kappa shape index (κ1) is 28.6. The van der Waals surface area contributed by atoms with Gasteiger partial charge in [0.1, 0.15) is 0 Å². The van der Waals surface area contributed by atoms with Crippen LogP contribution in [-0.4, -0.2) is 21.0 Å². The molecule has 1 N–H and O–H groups in total. The van der Waals surface area contributed by atoms with Gasteiger partial charge in [-0.05, 0) is 59.6 Å². The zero-order chi connectivity index (χ0) is 26.5. The van der Waals surface area contributed by atoms with E-state index in [-0.39, 0.29) is 0 Å². The summed E-state index contributed by atoms with van der Waals surface area (Å²) in [5, 5.41) is 9.78. The van der Waals surface area contributed by atoms with E-state index in [0.717, 1.165) is 36.0 Å². The second-order valence-corrected chi connectivity index (χ2v) is 10.5. The van der Waals surface area contributed by atoms with Gasteiger partial charge in [0.05, 0.1) is 5.56 Å². The molecule has 1 heterocycles. The van der Waals surface area contributed by atoms with Crippen LogP contribution in [0, 0.1) is 5.92 Å². The SMILES string of the molecule is CCCCCCCCCCCc1cnc(-c2ccc(C(=O)O)c(-c3ccc(CC(C)CC)cc3)c2)nc1. The first-order valence-corrected chi connectivity index (χ1v) is 14.3. The summed E-state index contributed by atoms with van der Waals surface area (Å²) in [6.45, 7) is 6.72. The molecule has 0 fully saturated rings. The normalized spacial score (nSPS) is 12.0. The lowest BCUT2D eigenvalue weighted by Crippen LogP contribution is -2.01. The number of aromatic nitrogens is 2. The highest BCUT2D eigenvalue weighted by Gasteiger charge is 2.15. The van der Waals surface area contributed by atoms with Gasteiger partial charge in [-0.25, -0.2) is 14.8 Å².